The molecule has 0 spiro atoms. The minimum atomic E-state index is -0.980. The lowest BCUT2D eigenvalue weighted by Crippen LogP contribution is -2.57. The van der Waals surface area contributed by atoms with Crippen molar-refractivity contribution in [2.24, 2.45) is 46.3 Å². The van der Waals surface area contributed by atoms with Gasteiger partial charge in [0.25, 0.3) is 0 Å². The van der Waals surface area contributed by atoms with Gasteiger partial charge in [-0.1, -0.05) is 32.9 Å². The fraction of sp³-hybridized carbons (Fsp3) is 0.870. The van der Waals surface area contributed by atoms with Gasteiger partial charge in [0.2, 0.25) is 0 Å². The molecule has 0 aliphatic heterocycles. The quantitative estimate of drug-likeness (QED) is 0.743. The third-order valence-corrected chi connectivity index (χ3v) is 9.49. The first-order chi connectivity index (χ1) is 12.7. The van der Waals surface area contributed by atoms with Crippen LogP contribution in [0.15, 0.2) is 12.2 Å². The van der Waals surface area contributed by atoms with Crippen LogP contribution in [0.25, 0.3) is 0 Å². The summed E-state index contributed by atoms with van der Waals surface area (Å²) < 4.78 is 0. The molecule has 0 aromatic heterocycles. The first-order valence-corrected chi connectivity index (χ1v) is 10.9. The topological polar surface area (TPSA) is 80.6 Å². The third kappa shape index (κ3) is 2.81. The number of carbonyl (C=O) groups excluding carboxylic acids is 1. The van der Waals surface area contributed by atoms with Crippen LogP contribution in [0.3, 0.4) is 0 Å². The molecule has 0 aromatic carbocycles. The standard InChI is InChI=1S/C23H36O4/c1-13(10-21(26)27)17-6-7-18-16-5-4-14-11-15(24)8-9-22(14,2)19(16)12-20(25)23(17,18)3/h4-5,13-20,24-25H,6-12H2,1-3H3,(H,26,27)/p-1/t13-,14+,15+,16-,17+,18+,19-,20-,22+,23-/m1/s1. The van der Waals surface area contributed by atoms with Crippen LogP contribution in [0.4, 0.5) is 0 Å². The summed E-state index contributed by atoms with van der Waals surface area (Å²) in [6.07, 6.45) is 9.90. The van der Waals surface area contributed by atoms with Gasteiger partial charge in [-0.3, -0.25) is 0 Å². The summed E-state index contributed by atoms with van der Waals surface area (Å²) in [6, 6.07) is 0. The van der Waals surface area contributed by atoms with E-state index in [-0.39, 0.29) is 41.3 Å². The van der Waals surface area contributed by atoms with Crippen molar-refractivity contribution in [1.82, 2.24) is 0 Å². The van der Waals surface area contributed by atoms with Crippen molar-refractivity contribution in [2.45, 2.75) is 77.9 Å². The molecule has 0 unspecified atom stereocenters. The van der Waals surface area contributed by atoms with Crippen molar-refractivity contribution in [1.29, 1.82) is 0 Å². The molecular formula is C23H35O4-. The highest BCUT2D eigenvalue weighted by molar-refractivity contribution is 5.64. The van der Waals surface area contributed by atoms with Crippen LogP contribution in [0.1, 0.15) is 65.7 Å². The van der Waals surface area contributed by atoms with Crippen molar-refractivity contribution >= 4 is 5.97 Å². The zero-order valence-electron chi connectivity index (χ0n) is 16.9. The van der Waals surface area contributed by atoms with Gasteiger partial charge in [0, 0.05) is 5.97 Å². The van der Waals surface area contributed by atoms with Gasteiger partial charge in [0.1, 0.15) is 0 Å². The molecule has 3 saturated carbocycles. The number of carboxylic acids is 1. The van der Waals surface area contributed by atoms with Crippen LogP contribution in [0.5, 0.6) is 0 Å². The number of carbonyl (C=O) groups is 1. The molecule has 0 amide bonds. The van der Waals surface area contributed by atoms with E-state index in [0.29, 0.717) is 23.7 Å². The molecule has 0 aromatic rings. The van der Waals surface area contributed by atoms with Crippen LogP contribution in [-0.4, -0.2) is 28.4 Å². The molecule has 3 fully saturated rings. The fourth-order valence-corrected chi connectivity index (χ4v) is 7.93. The molecule has 0 heterocycles. The van der Waals surface area contributed by atoms with Crippen molar-refractivity contribution in [3.8, 4) is 0 Å². The zero-order valence-corrected chi connectivity index (χ0v) is 16.9. The van der Waals surface area contributed by atoms with Gasteiger partial charge in [0.05, 0.1) is 12.2 Å². The van der Waals surface area contributed by atoms with Crippen LogP contribution >= 0.6 is 0 Å². The van der Waals surface area contributed by atoms with Gasteiger partial charge in [-0.2, -0.15) is 0 Å². The summed E-state index contributed by atoms with van der Waals surface area (Å²) in [5, 5.41) is 32.6. The van der Waals surface area contributed by atoms with Gasteiger partial charge in [0.15, 0.2) is 0 Å². The predicted molar refractivity (Wildman–Crippen MR) is 101 cm³/mol. The average Bonchev–Trinajstić information content (AvgIpc) is 2.95. The normalized spacial score (nSPS) is 52.6. The van der Waals surface area contributed by atoms with Crippen LogP contribution in [0, 0.1) is 46.3 Å². The van der Waals surface area contributed by atoms with Gasteiger partial charge in [-0.25, -0.2) is 0 Å². The Labute approximate surface area is 163 Å². The van der Waals surface area contributed by atoms with E-state index in [2.05, 4.69) is 26.0 Å². The number of rotatable bonds is 3. The lowest BCUT2D eigenvalue weighted by Gasteiger charge is -2.60. The highest BCUT2D eigenvalue weighted by atomic mass is 16.4. The Kier molecular flexibility index (Phi) is 4.74. The molecule has 4 nitrogen and oxygen atoms in total. The molecule has 0 saturated heterocycles. The summed E-state index contributed by atoms with van der Waals surface area (Å²) in [7, 11) is 0. The number of aliphatic hydroxyl groups excluding tert-OH is 2. The molecular weight excluding hydrogens is 340 g/mol. The second-order valence-electron chi connectivity index (χ2n) is 10.6. The van der Waals surface area contributed by atoms with Crippen molar-refractivity contribution in [3.05, 3.63) is 12.2 Å². The zero-order chi connectivity index (χ0) is 19.6. The predicted octanol–water partition coefficient (Wildman–Crippen LogP) is 2.53. The minimum absolute atomic E-state index is 0.0388. The summed E-state index contributed by atoms with van der Waals surface area (Å²) >= 11 is 0. The maximum atomic E-state index is 11.4. The van der Waals surface area contributed by atoms with Gasteiger partial charge in [-0.15, -0.1) is 0 Å². The lowest BCUT2D eigenvalue weighted by molar-refractivity contribution is -0.307. The van der Waals surface area contributed by atoms with E-state index in [4.69, 9.17) is 0 Å². The Balaban J connectivity index is 1.64. The number of hydrogen-bond donors (Lipinski definition) is 2. The largest absolute Gasteiger partial charge is 0.550 e. The molecule has 4 rings (SSSR count). The van der Waals surface area contributed by atoms with Gasteiger partial charge >= 0.3 is 0 Å². The molecule has 10 atom stereocenters. The number of fused-ring (bicyclic) bond motifs is 5. The highest BCUT2D eigenvalue weighted by Crippen LogP contribution is 2.66. The second kappa shape index (κ2) is 6.59. The van der Waals surface area contributed by atoms with Crippen molar-refractivity contribution in [2.75, 3.05) is 0 Å². The fourth-order valence-electron chi connectivity index (χ4n) is 7.93. The summed E-state index contributed by atoms with van der Waals surface area (Å²) in [4.78, 5) is 11.2. The first kappa shape index (κ1) is 19.4. The summed E-state index contributed by atoms with van der Waals surface area (Å²) in [6.45, 7) is 6.61. The maximum Gasteiger partial charge on any atom is 0.0602 e. The minimum Gasteiger partial charge on any atom is -0.550 e. The number of allylic oxidation sites excluding steroid dienone is 2. The van der Waals surface area contributed by atoms with E-state index in [1.165, 1.54) is 0 Å². The molecule has 27 heavy (non-hydrogen) atoms. The molecule has 0 radical (unpaired) electrons. The molecule has 152 valence electrons. The van der Waals surface area contributed by atoms with E-state index >= 15 is 0 Å². The number of carboxylic acid groups (broad SMARTS) is 1. The number of aliphatic hydroxyl groups is 2. The third-order valence-electron chi connectivity index (χ3n) is 9.49. The van der Waals surface area contributed by atoms with E-state index in [1.54, 1.807) is 0 Å². The Bertz CT molecular complexity index is 630. The first-order valence-electron chi connectivity index (χ1n) is 10.9. The monoisotopic (exact) mass is 375 g/mol. The molecule has 4 heteroatoms. The second-order valence-corrected chi connectivity index (χ2v) is 10.6. The van der Waals surface area contributed by atoms with Crippen LogP contribution in [-0.2, 0) is 4.79 Å². The lowest BCUT2D eigenvalue weighted by atomic mass is 9.45. The van der Waals surface area contributed by atoms with Crippen molar-refractivity contribution in [3.63, 3.8) is 0 Å². The molecule has 0 bridgehead atoms. The molecule has 4 aliphatic rings. The van der Waals surface area contributed by atoms with E-state index in [1.807, 2.05) is 6.92 Å². The maximum absolute atomic E-state index is 11.4. The average molecular weight is 376 g/mol. The SMILES string of the molecule is C[C@H](CC(=O)[O-])[C@@H]1CC[C@H]2[C@H]3C=C[C@H]4C[C@@H](O)CC[C@]4(C)[C@@H]3C[C@@H](O)[C@@]21C. The smallest absolute Gasteiger partial charge is 0.0602 e. The van der Waals surface area contributed by atoms with E-state index in [9.17, 15) is 20.1 Å². The van der Waals surface area contributed by atoms with E-state index in [0.717, 1.165) is 38.5 Å². The summed E-state index contributed by atoms with van der Waals surface area (Å²) in [5.74, 6) is 1.06. The number of hydrogen-bond acceptors (Lipinski definition) is 4. The molecule has 2 N–H and O–H groups in total. The van der Waals surface area contributed by atoms with Gasteiger partial charge in [-0.05, 0) is 91.3 Å². The Morgan fingerprint density at radius 1 is 1.15 bits per heavy atom. The number of aliphatic carboxylic acids is 1. The Hall–Kier alpha value is -0.870. The van der Waals surface area contributed by atoms with Crippen LogP contribution < -0.4 is 5.11 Å². The van der Waals surface area contributed by atoms with Crippen molar-refractivity contribution < 1.29 is 20.1 Å². The van der Waals surface area contributed by atoms with Crippen LogP contribution in [0.2, 0.25) is 0 Å². The highest BCUT2D eigenvalue weighted by Gasteiger charge is 2.62. The summed E-state index contributed by atoms with van der Waals surface area (Å²) in [5.41, 5.74) is -0.0482. The van der Waals surface area contributed by atoms with E-state index < -0.39 is 5.97 Å². The molecule has 4 aliphatic carbocycles. The Morgan fingerprint density at radius 2 is 1.89 bits per heavy atom. The Morgan fingerprint density at radius 3 is 2.59 bits per heavy atom. The van der Waals surface area contributed by atoms with Gasteiger partial charge < -0.3 is 20.1 Å².